The van der Waals surface area contributed by atoms with Crippen molar-refractivity contribution in [1.82, 2.24) is 5.32 Å². The Bertz CT molecular complexity index is 938. The molecule has 150 valence electrons. The van der Waals surface area contributed by atoms with E-state index in [4.69, 9.17) is 4.74 Å². The van der Waals surface area contributed by atoms with E-state index in [1.807, 2.05) is 36.4 Å². The van der Waals surface area contributed by atoms with Gasteiger partial charge in [-0.3, -0.25) is 0 Å². The van der Waals surface area contributed by atoms with Crippen LogP contribution < -0.4 is 5.32 Å². The first-order valence-electron chi connectivity index (χ1n) is 9.59. The number of aliphatic carboxylic acids is 1. The molecule has 0 aliphatic heterocycles. The molecule has 0 bridgehead atoms. The number of hydrogen-bond acceptors (Lipinski definition) is 3. The Balaban J connectivity index is 1.72. The number of alkyl carbamates (subject to hydrolysis) is 1. The summed E-state index contributed by atoms with van der Waals surface area (Å²) in [7, 11) is 0. The second-order valence-corrected chi connectivity index (χ2v) is 7.83. The summed E-state index contributed by atoms with van der Waals surface area (Å²) in [6.07, 6.45) is -0.388. The predicted molar refractivity (Wildman–Crippen MR) is 111 cm³/mol. The van der Waals surface area contributed by atoms with E-state index in [2.05, 4.69) is 29.3 Å². The number of carboxylic acid groups (broad SMARTS) is 1. The standard InChI is InChI=1S/C24H25NO4/c1-4-5-14-24(2,3)21(22(26)27)25-23(28)29-15-20-18-12-8-6-10-16(18)17-11-7-9-13-19(17)20/h6-13,20-21H,14-15H2,1-3H3,(H,25,28)(H,26,27)/t21-/m0/s1. The lowest BCUT2D eigenvalue weighted by Crippen LogP contribution is -2.50. The molecule has 2 N–H and O–H groups in total. The average molecular weight is 391 g/mol. The number of amides is 1. The number of rotatable bonds is 6. The Morgan fingerprint density at radius 3 is 2.17 bits per heavy atom. The maximum Gasteiger partial charge on any atom is 0.407 e. The van der Waals surface area contributed by atoms with E-state index in [-0.39, 0.29) is 12.5 Å². The smallest absolute Gasteiger partial charge is 0.407 e. The second kappa shape index (κ2) is 8.40. The van der Waals surface area contributed by atoms with Gasteiger partial charge in [-0.15, -0.1) is 11.8 Å². The van der Waals surface area contributed by atoms with Crippen LogP contribution in [0.3, 0.4) is 0 Å². The Morgan fingerprint density at radius 2 is 1.66 bits per heavy atom. The van der Waals surface area contributed by atoms with Gasteiger partial charge >= 0.3 is 12.1 Å². The fourth-order valence-corrected chi connectivity index (χ4v) is 3.77. The highest BCUT2D eigenvalue weighted by Crippen LogP contribution is 2.44. The summed E-state index contributed by atoms with van der Waals surface area (Å²) in [5.41, 5.74) is 3.75. The number of hydrogen-bond donors (Lipinski definition) is 2. The molecule has 2 aromatic carbocycles. The van der Waals surface area contributed by atoms with Crippen LogP contribution in [0.2, 0.25) is 0 Å². The Labute approximate surface area is 171 Å². The van der Waals surface area contributed by atoms with Gasteiger partial charge in [0.1, 0.15) is 12.6 Å². The summed E-state index contributed by atoms with van der Waals surface area (Å²) < 4.78 is 5.47. The maximum atomic E-state index is 12.4. The number of nitrogens with one attached hydrogen (secondary N) is 1. The summed E-state index contributed by atoms with van der Waals surface area (Å²) in [5, 5.41) is 12.1. The van der Waals surface area contributed by atoms with Gasteiger partial charge in [-0.05, 0) is 29.2 Å². The lowest BCUT2D eigenvalue weighted by Gasteiger charge is -2.30. The highest BCUT2D eigenvalue weighted by molar-refractivity contribution is 5.81. The quantitative estimate of drug-likeness (QED) is 0.715. The van der Waals surface area contributed by atoms with Crippen LogP contribution in [0.25, 0.3) is 11.1 Å². The van der Waals surface area contributed by atoms with Gasteiger partial charge in [0.15, 0.2) is 0 Å². The zero-order valence-electron chi connectivity index (χ0n) is 16.9. The highest BCUT2D eigenvalue weighted by atomic mass is 16.5. The fraction of sp³-hybridized carbons (Fsp3) is 0.333. The number of ether oxygens (including phenoxy) is 1. The van der Waals surface area contributed by atoms with E-state index in [9.17, 15) is 14.7 Å². The van der Waals surface area contributed by atoms with Crippen molar-refractivity contribution in [3.63, 3.8) is 0 Å². The molecule has 1 aliphatic carbocycles. The number of carbonyl (C=O) groups excluding carboxylic acids is 1. The van der Waals surface area contributed by atoms with E-state index < -0.39 is 23.5 Å². The van der Waals surface area contributed by atoms with Crippen molar-refractivity contribution in [3.8, 4) is 23.0 Å². The molecule has 0 fully saturated rings. The van der Waals surface area contributed by atoms with Gasteiger partial charge in [-0.25, -0.2) is 9.59 Å². The third-order valence-corrected chi connectivity index (χ3v) is 5.36. The minimum atomic E-state index is -1.11. The molecule has 5 nitrogen and oxygen atoms in total. The van der Waals surface area contributed by atoms with Crippen molar-refractivity contribution in [2.45, 2.75) is 39.2 Å². The van der Waals surface area contributed by atoms with Crippen LogP contribution >= 0.6 is 0 Å². The normalized spacial score (nSPS) is 13.5. The molecule has 0 spiro atoms. The van der Waals surface area contributed by atoms with Crippen molar-refractivity contribution >= 4 is 12.1 Å². The molecule has 1 aliphatic rings. The summed E-state index contributed by atoms with van der Waals surface area (Å²) in [6.45, 7) is 5.37. The molecule has 3 rings (SSSR count). The first-order valence-corrected chi connectivity index (χ1v) is 9.59. The van der Waals surface area contributed by atoms with E-state index in [1.54, 1.807) is 20.8 Å². The van der Waals surface area contributed by atoms with Gasteiger partial charge in [0.05, 0.1) is 0 Å². The third kappa shape index (κ3) is 4.27. The third-order valence-electron chi connectivity index (χ3n) is 5.36. The van der Waals surface area contributed by atoms with E-state index in [0.29, 0.717) is 6.42 Å². The number of carboxylic acids is 1. The number of benzene rings is 2. The molecule has 0 heterocycles. The molecule has 0 saturated heterocycles. The van der Waals surface area contributed by atoms with Gasteiger partial charge in [-0.1, -0.05) is 62.4 Å². The predicted octanol–water partition coefficient (Wildman–Crippen LogP) is 4.42. The van der Waals surface area contributed by atoms with Crippen LogP contribution in [0.5, 0.6) is 0 Å². The zero-order valence-corrected chi connectivity index (χ0v) is 16.9. The van der Waals surface area contributed by atoms with Crippen molar-refractivity contribution in [1.29, 1.82) is 0 Å². The lowest BCUT2D eigenvalue weighted by atomic mass is 9.81. The molecular formula is C24H25NO4. The molecule has 0 aromatic heterocycles. The number of fused-ring (bicyclic) bond motifs is 3. The van der Waals surface area contributed by atoms with E-state index >= 15 is 0 Å². The fourth-order valence-electron chi connectivity index (χ4n) is 3.77. The van der Waals surface area contributed by atoms with Crippen LogP contribution in [0, 0.1) is 17.3 Å². The molecule has 0 saturated carbocycles. The summed E-state index contributed by atoms with van der Waals surface area (Å²) >= 11 is 0. The highest BCUT2D eigenvalue weighted by Gasteiger charge is 2.37. The van der Waals surface area contributed by atoms with Crippen molar-refractivity contribution in [2.24, 2.45) is 5.41 Å². The Hall–Kier alpha value is -3.26. The SMILES string of the molecule is CC#CCC(C)(C)[C@@H](NC(=O)OCC1c2ccccc2-c2ccccc21)C(=O)O. The van der Waals surface area contributed by atoms with Gasteiger partial charge < -0.3 is 15.2 Å². The lowest BCUT2D eigenvalue weighted by molar-refractivity contribution is -0.142. The van der Waals surface area contributed by atoms with Crippen molar-refractivity contribution in [2.75, 3.05) is 6.61 Å². The minimum absolute atomic E-state index is 0.0737. The van der Waals surface area contributed by atoms with Gasteiger partial charge in [0, 0.05) is 17.8 Å². The molecular weight excluding hydrogens is 366 g/mol. The van der Waals surface area contributed by atoms with Crippen LogP contribution in [-0.4, -0.2) is 29.8 Å². The monoisotopic (exact) mass is 391 g/mol. The van der Waals surface area contributed by atoms with E-state index in [0.717, 1.165) is 22.3 Å². The molecule has 2 aromatic rings. The molecule has 1 amide bonds. The van der Waals surface area contributed by atoms with Gasteiger partial charge in [0.25, 0.3) is 0 Å². The average Bonchev–Trinajstić information content (AvgIpc) is 3.02. The van der Waals surface area contributed by atoms with Gasteiger partial charge in [-0.2, -0.15) is 0 Å². The summed E-state index contributed by atoms with van der Waals surface area (Å²) in [6, 6.07) is 15.0. The van der Waals surface area contributed by atoms with Crippen molar-refractivity contribution in [3.05, 3.63) is 59.7 Å². The maximum absolute atomic E-state index is 12.4. The van der Waals surface area contributed by atoms with Crippen LogP contribution in [0.1, 0.15) is 44.2 Å². The van der Waals surface area contributed by atoms with Gasteiger partial charge in [0.2, 0.25) is 0 Å². The summed E-state index contributed by atoms with van der Waals surface area (Å²) in [5.74, 6) is 4.47. The molecule has 0 unspecified atom stereocenters. The summed E-state index contributed by atoms with van der Waals surface area (Å²) in [4.78, 5) is 24.1. The number of carbonyl (C=O) groups is 2. The topological polar surface area (TPSA) is 75.6 Å². The van der Waals surface area contributed by atoms with Crippen LogP contribution in [0.4, 0.5) is 4.79 Å². The Kier molecular flexibility index (Phi) is 5.93. The van der Waals surface area contributed by atoms with Crippen LogP contribution in [-0.2, 0) is 9.53 Å². The molecule has 5 heteroatoms. The molecule has 1 atom stereocenters. The Morgan fingerprint density at radius 1 is 1.10 bits per heavy atom. The minimum Gasteiger partial charge on any atom is -0.480 e. The first-order chi connectivity index (χ1) is 13.8. The molecule has 29 heavy (non-hydrogen) atoms. The van der Waals surface area contributed by atoms with Crippen molar-refractivity contribution < 1.29 is 19.4 Å². The zero-order chi connectivity index (χ0) is 21.0. The molecule has 0 radical (unpaired) electrons. The first kappa shape index (κ1) is 20.5. The largest absolute Gasteiger partial charge is 0.480 e. The second-order valence-electron chi connectivity index (χ2n) is 7.83. The van der Waals surface area contributed by atoms with Crippen LogP contribution in [0.15, 0.2) is 48.5 Å². The van der Waals surface area contributed by atoms with E-state index in [1.165, 1.54) is 0 Å².